The van der Waals surface area contributed by atoms with Gasteiger partial charge in [0.2, 0.25) is 0 Å². The highest BCUT2D eigenvalue weighted by Gasteiger charge is 2.19. The zero-order chi connectivity index (χ0) is 19.4. The van der Waals surface area contributed by atoms with Crippen molar-refractivity contribution in [3.05, 3.63) is 46.8 Å². The summed E-state index contributed by atoms with van der Waals surface area (Å²) >= 11 is 0. The highest BCUT2D eigenvalue weighted by Crippen LogP contribution is 2.22. The number of nitrogens with zero attached hydrogens (tertiary/aromatic N) is 3. The number of amides is 1. The number of ether oxygens (including phenoxy) is 1. The van der Waals surface area contributed by atoms with Crippen LogP contribution in [0.1, 0.15) is 47.6 Å². The Bertz CT molecular complexity index is 797. The minimum atomic E-state index is -0.130. The normalized spacial score (nSPS) is 14.7. The van der Waals surface area contributed by atoms with Crippen LogP contribution in [0.2, 0.25) is 0 Å². The number of nitrogens with one attached hydrogen (secondary N) is 1. The van der Waals surface area contributed by atoms with Crippen LogP contribution in [-0.2, 0) is 19.6 Å². The van der Waals surface area contributed by atoms with Crippen molar-refractivity contribution < 1.29 is 9.53 Å². The minimum Gasteiger partial charge on any atom is -0.496 e. The van der Waals surface area contributed by atoms with Crippen molar-refractivity contribution in [3.8, 4) is 5.75 Å². The number of benzene rings is 1. The molecule has 0 saturated heterocycles. The summed E-state index contributed by atoms with van der Waals surface area (Å²) in [5, 5.41) is 7.69. The molecular formula is C21H30N4O2. The van der Waals surface area contributed by atoms with Crippen LogP contribution in [0.4, 0.5) is 0 Å². The van der Waals surface area contributed by atoms with Crippen molar-refractivity contribution >= 4 is 5.91 Å². The van der Waals surface area contributed by atoms with E-state index in [-0.39, 0.29) is 5.91 Å². The van der Waals surface area contributed by atoms with Gasteiger partial charge in [-0.3, -0.25) is 14.4 Å². The third kappa shape index (κ3) is 4.69. The number of carbonyl (C=O) groups is 1. The fourth-order valence-corrected chi connectivity index (χ4v) is 3.71. The van der Waals surface area contributed by atoms with Crippen LogP contribution >= 0.6 is 0 Å². The smallest absolute Gasteiger partial charge is 0.255 e. The molecule has 27 heavy (non-hydrogen) atoms. The van der Waals surface area contributed by atoms with Crippen LogP contribution in [0.5, 0.6) is 5.75 Å². The maximum Gasteiger partial charge on any atom is 0.255 e. The number of aryl methyl sites for hydroxylation is 2. The highest BCUT2D eigenvalue weighted by molar-refractivity contribution is 5.98. The Balaban J connectivity index is 1.67. The van der Waals surface area contributed by atoms with Gasteiger partial charge in [0.15, 0.2) is 0 Å². The summed E-state index contributed by atoms with van der Waals surface area (Å²) in [5.74, 6) is 1.12. The molecule has 1 aliphatic rings. The first-order chi connectivity index (χ1) is 13.0. The third-order valence-corrected chi connectivity index (χ3v) is 4.88. The Labute approximate surface area is 161 Å². The molecule has 0 atom stereocenters. The number of rotatable bonds is 6. The summed E-state index contributed by atoms with van der Waals surface area (Å²) in [7, 11) is 1.58. The van der Waals surface area contributed by atoms with E-state index >= 15 is 0 Å². The molecule has 1 amide bonds. The maximum atomic E-state index is 12.7. The zero-order valence-electron chi connectivity index (χ0n) is 16.8. The molecule has 0 saturated carbocycles. The fourth-order valence-electron chi connectivity index (χ4n) is 3.71. The molecule has 0 bridgehead atoms. The number of hydrogen-bond donors (Lipinski definition) is 1. The van der Waals surface area contributed by atoms with Crippen molar-refractivity contribution in [3.63, 3.8) is 0 Å². The lowest BCUT2D eigenvalue weighted by Gasteiger charge is -2.21. The van der Waals surface area contributed by atoms with Crippen LogP contribution in [0, 0.1) is 12.8 Å². The monoisotopic (exact) mass is 370 g/mol. The maximum absolute atomic E-state index is 12.7. The molecule has 0 fully saturated rings. The van der Waals surface area contributed by atoms with Crippen LogP contribution in [0.15, 0.2) is 24.3 Å². The van der Waals surface area contributed by atoms with Gasteiger partial charge in [0.1, 0.15) is 5.75 Å². The van der Waals surface area contributed by atoms with Gasteiger partial charge < -0.3 is 10.1 Å². The van der Waals surface area contributed by atoms with E-state index in [9.17, 15) is 4.79 Å². The summed E-state index contributed by atoms with van der Waals surface area (Å²) in [6, 6.07) is 7.73. The van der Waals surface area contributed by atoms with Gasteiger partial charge >= 0.3 is 0 Å². The van der Waals surface area contributed by atoms with E-state index in [0.29, 0.717) is 23.8 Å². The van der Waals surface area contributed by atoms with Crippen LogP contribution in [-0.4, -0.2) is 40.8 Å². The van der Waals surface area contributed by atoms with Crippen molar-refractivity contribution in [1.29, 1.82) is 0 Å². The number of carbonyl (C=O) groups excluding carboxylic acids is 1. The summed E-state index contributed by atoms with van der Waals surface area (Å²) in [6.07, 6.45) is 1.10. The molecule has 0 radical (unpaired) electrons. The molecular weight excluding hydrogens is 340 g/mol. The van der Waals surface area contributed by atoms with E-state index in [1.165, 1.54) is 5.69 Å². The Morgan fingerprint density at radius 2 is 2.15 bits per heavy atom. The average Bonchev–Trinajstić information content (AvgIpc) is 2.91. The molecule has 6 nitrogen and oxygen atoms in total. The standard InChI is InChI=1S/C21H30N4O2/c1-15(2)13-24-9-6-10-25-18(14-24)11-17(23-25)12-22-21(26)20-16(3)7-5-8-19(20)27-4/h5,7-8,11,15H,6,9-10,12-14H2,1-4H3,(H,22,26). The molecule has 1 aromatic heterocycles. The molecule has 3 rings (SSSR count). The summed E-state index contributed by atoms with van der Waals surface area (Å²) in [5.41, 5.74) is 3.61. The van der Waals surface area contributed by atoms with Gasteiger partial charge in [0.25, 0.3) is 5.91 Å². The molecule has 2 aromatic rings. The Morgan fingerprint density at radius 3 is 2.89 bits per heavy atom. The van der Waals surface area contributed by atoms with E-state index in [4.69, 9.17) is 9.84 Å². The lowest BCUT2D eigenvalue weighted by molar-refractivity contribution is 0.0946. The molecule has 146 valence electrons. The first kappa shape index (κ1) is 19.4. The van der Waals surface area contributed by atoms with Gasteiger partial charge in [-0.05, 0) is 37.0 Å². The van der Waals surface area contributed by atoms with Crippen LogP contribution in [0.3, 0.4) is 0 Å². The molecule has 1 N–H and O–H groups in total. The van der Waals surface area contributed by atoms with Crippen LogP contribution < -0.4 is 10.1 Å². The quantitative estimate of drug-likeness (QED) is 0.849. The largest absolute Gasteiger partial charge is 0.496 e. The Kier molecular flexibility index (Phi) is 6.16. The second-order valence-electron chi connectivity index (χ2n) is 7.67. The molecule has 0 spiro atoms. The second kappa shape index (κ2) is 8.57. The number of methoxy groups -OCH3 is 1. The predicted molar refractivity (Wildman–Crippen MR) is 106 cm³/mol. The molecule has 0 unspecified atom stereocenters. The molecule has 1 aliphatic heterocycles. The predicted octanol–water partition coefficient (Wildman–Crippen LogP) is 2.99. The van der Waals surface area contributed by atoms with Gasteiger partial charge in [-0.15, -0.1) is 0 Å². The van der Waals surface area contributed by atoms with Crippen molar-refractivity contribution in [2.24, 2.45) is 5.92 Å². The lowest BCUT2D eigenvalue weighted by atomic mass is 10.1. The first-order valence-corrected chi connectivity index (χ1v) is 9.67. The molecule has 6 heteroatoms. The van der Waals surface area contributed by atoms with Gasteiger partial charge in [-0.2, -0.15) is 5.10 Å². The summed E-state index contributed by atoms with van der Waals surface area (Å²) < 4.78 is 7.43. The average molecular weight is 370 g/mol. The van der Waals surface area contributed by atoms with Crippen molar-refractivity contribution in [1.82, 2.24) is 20.0 Å². The minimum absolute atomic E-state index is 0.130. The van der Waals surface area contributed by atoms with Crippen molar-refractivity contribution in [2.45, 2.75) is 46.8 Å². The third-order valence-electron chi connectivity index (χ3n) is 4.88. The van der Waals surface area contributed by atoms with E-state index in [1.54, 1.807) is 7.11 Å². The van der Waals surface area contributed by atoms with Crippen LogP contribution in [0.25, 0.3) is 0 Å². The lowest BCUT2D eigenvalue weighted by Crippen LogP contribution is -2.27. The van der Waals surface area contributed by atoms with Gasteiger partial charge in [-0.25, -0.2) is 0 Å². The van der Waals surface area contributed by atoms with E-state index < -0.39 is 0 Å². The van der Waals surface area contributed by atoms with Gasteiger partial charge in [0, 0.05) is 26.2 Å². The topological polar surface area (TPSA) is 59.4 Å². The fraction of sp³-hybridized carbons (Fsp3) is 0.524. The number of hydrogen-bond acceptors (Lipinski definition) is 4. The Morgan fingerprint density at radius 1 is 1.33 bits per heavy atom. The molecule has 2 heterocycles. The summed E-state index contributed by atoms with van der Waals surface area (Å²) in [6.45, 7) is 10.9. The van der Waals surface area contributed by atoms with Gasteiger partial charge in [0.05, 0.1) is 30.6 Å². The Hall–Kier alpha value is -2.34. The molecule has 1 aromatic carbocycles. The van der Waals surface area contributed by atoms with E-state index in [2.05, 4.69) is 34.8 Å². The zero-order valence-corrected chi connectivity index (χ0v) is 16.8. The molecule has 0 aliphatic carbocycles. The SMILES string of the molecule is COc1cccc(C)c1C(=O)NCc1cc2n(n1)CCCN(CC(C)C)C2. The van der Waals surface area contributed by atoms with Crippen molar-refractivity contribution in [2.75, 3.05) is 20.2 Å². The van der Waals surface area contributed by atoms with E-state index in [0.717, 1.165) is 43.9 Å². The number of fused-ring (bicyclic) bond motifs is 1. The number of aromatic nitrogens is 2. The van der Waals surface area contributed by atoms with Gasteiger partial charge in [-0.1, -0.05) is 26.0 Å². The van der Waals surface area contributed by atoms with E-state index in [1.807, 2.05) is 25.1 Å². The second-order valence-corrected chi connectivity index (χ2v) is 7.67. The first-order valence-electron chi connectivity index (χ1n) is 9.67. The summed E-state index contributed by atoms with van der Waals surface area (Å²) in [4.78, 5) is 15.1. The highest BCUT2D eigenvalue weighted by atomic mass is 16.5.